The minimum absolute atomic E-state index is 0.0443. The van der Waals surface area contributed by atoms with Gasteiger partial charge in [0.2, 0.25) is 5.72 Å². The lowest BCUT2D eigenvalue weighted by Gasteiger charge is -2.38. The number of nitro groups is 1. The van der Waals surface area contributed by atoms with E-state index in [1.54, 1.807) is 12.1 Å². The van der Waals surface area contributed by atoms with Crippen molar-refractivity contribution in [3.63, 3.8) is 0 Å². The number of nitro benzene ring substituents is 1. The molecule has 6 heteroatoms. The van der Waals surface area contributed by atoms with E-state index in [0.29, 0.717) is 0 Å². The molecule has 0 bridgehead atoms. The zero-order chi connectivity index (χ0) is 18.5. The fraction of sp³-hybridized carbons (Fsp3) is 0.250. The number of fused-ring (bicyclic) bond motifs is 3. The van der Waals surface area contributed by atoms with E-state index < -0.39 is 16.1 Å². The number of carbonyl (C=O) groups is 1. The number of para-hydroxylation sites is 1. The van der Waals surface area contributed by atoms with Crippen molar-refractivity contribution < 1.29 is 14.5 Å². The van der Waals surface area contributed by atoms with Gasteiger partial charge < -0.3 is 9.64 Å². The first kappa shape index (κ1) is 16.3. The van der Waals surface area contributed by atoms with Gasteiger partial charge in [0.25, 0.3) is 5.69 Å². The summed E-state index contributed by atoms with van der Waals surface area (Å²) in [5.41, 5.74) is 1.63. The van der Waals surface area contributed by atoms with Crippen LogP contribution in [0.15, 0.2) is 54.6 Å². The van der Waals surface area contributed by atoms with E-state index in [9.17, 15) is 14.9 Å². The van der Waals surface area contributed by atoms with Crippen LogP contribution in [0.25, 0.3) is 6.08 Å². The van der Waals surface area contributed by atoms with Crippen molar-refractivity contribution >= 4 is 23.4 Å². The van der Waals surface area contributed by atoms with Crippen LogP contribution in [0.5, 0.6) is 0 Å². The zero-order valence-electron chi connectivity index (χ0n) is 14.5. The Kier molecular flexibility index (Phi) is 3.41. The van der Waals surface area contributed by atoms with E-state index in [1.165, 1.54) is 12.1 Å². The number of hydrogen-bond acceptors (Lipinski definition) is 5. The molecule has 2 aromatic rings. The third-order valence-corrected chi connectivity index (χ3v) is 5.33. The van der Waals surface area contributed by atoms with Crippen LogP contribution in [0.2, 0.25) is 0 Å². The minimum atomic E-state index is -0.907. The minimum Gasteiger partial charge on any atom is -0.433 e. The Hall–Kier alpha value is -3.15. The summed E-state index contributed by atoms with van der Waals surface area (Å²) in [4.78, 5) is 24.5. The quantitative estimate of drug-likeness (QED) is 0.480. The van der Waals surface area contributed by atoms with Gasteiger partial charge in [-0.2, -0.15) is 0 Å². The van der Waals surface area contributed by atoms with Crippen LogP contribution in [0.1, 0.15) is 25.0 Å². The average Bonchev–Trinajstić information content (AvgIpc) is 3.05. The Balaban J connectivity index is 1.76. The summed E-state index contributed by atoms with van der Waals surface area (Å²) in [6.07, 6.45) is 3.74. The van der Waals surface area contributed by atoms with Crippen molar-refractivity contribution in [1.82, 2.24) is 0 Å². The Labute approximate surface area is 150 Å². The second-order valence-electron chi connectivity index (χ2n) is 7.08. The summed E-state index contributed by atoms with van der Waals surface area (Å²) < 4.78 is 5.85. The molecule has 2 aliphatic heterocycles. The predicted octanol–water partition coefficient (Wildman–Crippen LogP) is 3.66. The van der Waals surface area contributed by atoms with Gasteiger partial charge in [-0.3, -0.25) is 14.9 Å². The maximum absolute atomic E-state index is 12.1. The molecule has 0 aliphatic carbocycles. The SMILES string of the molecule is CC1(C)c2ccccc2N2CC(=O)OC21/C=C/c1ccc([N+](=O)[O-])cc1. The van der Waals surface area contributed by atoms with E-state index in [1.807, 2.05) is 35.3 Å². The number of ether oxygens (including phenoxy) is 1. The van der Waals surface area contributed by atoms with Gasteiger partial charge in [0.15, 0.2) is 0 Å². The molecular formula is C20H18N2O4. The molecule has 0 aromatic heterocycles. The lowest BCUT2D eigenvalue weighted by molar-refractivity contribution is -0.384. The second-order valence-corrected chi connectivity index (χ2v) is 7.08. The maximum Gasteiger partial charge on any atom is 0.328 e. The van der Waals surface area contributed by atoms with Crippen LogP contribution in [0.4, 0.5) is 11.4 Å². The first-order valence-electron chi connectivity index (χ1n) is 8.38. The van der Waals surface area contributed by atoms with Gasteiger partial charge >= 0.3 is 5.97 Å². The standard InChI is InChI=1S/C20H18N2O4/c1-19(2)16-5-3-4-6-17(16)21-13-18(23)26-20(19,21)12-11-14-7-9-15(10-8-14)22(24)25/h3-12H,13H2,1-2H3/b12-11+. The molecule has 1 atom stereocenters. The van der Waals surface area contributed by atoms with Crippen molar-refractivity contribution in [3.05, 3.63) is 75.8 Å². The number of non-ortho nitro benzene ring substituents is 1. The molecule has 4 rings (SSSR count). The molecule has 0 N–H and O–H groups in total. The molecule has 0 spiro atoms. The number of nitrogens with zero attached hydrogens (tertiary/aromatic N) is 2. The number of esters is 1. The molecule has 0 radical (unpaired) electrons. The van der Waals surface area contributed by atoms with E-state index in [0.717, 1.165) is 16.8 Å². The largest absolute Gasteiger partial charge is 0.433 e. The molecule has 1 saturated heterocycles. The van der Waals surface area contributed by atoms with Gasteiger partial charge in [-0.15, -0.1) is 0 Å². The molecule has 1 fully saturated rings. The lowest BCUT2D eigenvalue weighted by Crippen LogP contribution is -2.51. The Morgan fingerprint density at radius 2 is 1.85 bits per heavy atom. The van der Waals surface area contributed by atoms with Crippen LogP contribution >= 0.6 is 0 Å². The van der Waals surface area contributed by atoms with E-state index in [2.05, 4.69) is 19.9 Å². The summed E-state index contributed by atoms with van der Waals surface area (Å²) in [6.45, 7) is 4.32. The highest BCUT2D eigenvalue weighted by molar-refractivity contribution is 5.86. The van der Waals surface area contributed by atoms with Crippen molar-refractivity contribution in [1.29, 1.82) is 0 Å². The normalized spacial score (nSPS) is 23.0. The Bertz CT molecular complexity index is 933. The van der Waals surface area contributed by atoms with Crippen molar-refractivity contribution in [2.75, 3.05) is 11.4 Å². The van der Waals surface area contributed by atoms with Crippen LogP contribution in [0.3, 0.4) is 0 Å². The molecule has 0 saturated carbocycles. The summed E-state index contributed by atoms with van der Waals surface area (Å²) in [5.74, 6) is -0.263. The number of anilines is 1. The zero-order valence-corrected chi connectivity index (χ0v) is 14.5. The second kappa shape index (κ2) is 5.42. The smallest absolute Gasteiger partial charge is 0.328 e. The number of rotatable bonds is 3. The fourth-order valence-corrected chi connectivity index (χ4v) is 3.92. The molecule has 132 valence electrons. The van der Waals surface area contributed by atoms with Gasteiger partial charge in [0.05, 0.1) is 10.3 Å². The molecule has 1 unspecified atom stereocenters. The molecule has 0 amide bonds. The van der Waals surface area contributed by atoms with Crippen molar-refractivity contribution in [3.8, 4) is 0 Å². The molecule has 2 aliphatic rings. The first-order chi connectivity index (χ1) is 12.3. The first-order valence-corrected chi connectivity index (χ1v) is 8.38. The Morgan fingerprint density at radius 3 is 2.54 bits per heavy atom. The van der Waals surface area contributed by atoms with Crippen molar-refractivity contribution in [2.45, 2.75) is 25.0 Å². The highest BCUT2D eigenvalue weighted by Gasteiger charge is 2.62. The third kappa shape index (κ3) is 2.15. The maximum atomic E-state index is 12.1. The average molecular weight is 350 g/mol. The summed E-state index contributed by atoms with van der Waals surface area (Å²) in [7, 11) is 0. The number of hydrogen-bond donors (Lipinski definition) is 0. The van der Waals surface area contributed by atoms with Gasteiger partial charge in [-0.05, 0) is 49.2 Å². The van der Waals surface area contributed by atoms with Crippen LogP contribution < -0.4 is 4.90 Å². The number of benzene rings is 2. The molecule has 6 nitrogen and oxygen atoms in total. The van der Waals surface area contributed by atoms with Crippen LogP contribution in [0, 0.1) is 10.1 Å². The van der Waals surface area contributed by atoms with E-state index >= 15 is 0 Å². The van der Waals surface area contributed by atoms with E-state index in [-0.39, 0.29) is 18.2 Å². The highest BCUT2D eigenvalue weighted by Crippen LogP contribution is 2.55. The third-order valence-electron chi connectivity index (χ3n) is 5.33. The van der Waals surface area contributed by atoms with Gasteiger partial charge in [-0.25, -0.2) is 0 Å². The number of carbonyl (C=O) groups excluding carboxylic acids is 1. The van der Waals surface area contributed by atoms with Gasteiger partial charge in [0.1, 0.15) is 6.54 Å². The molecule has 2 heterocycles. The molecule has 2 aromatic carbocycles. The van der Waals surface area contributed by atoms with Crippen molar-refractivity contribution in [2.24, 2.45) is 0 Å². The molecular weight excluding hydrogens is 332 g/mol. The summed E-state index contributed by atoms with van der Waals surface area (Å²) >= 11 is 0. The highest BCUT2D eigenvalue weighted by atomic mass is 16.6. The summed E-state index contributed by atoms with van der Waals surface area (Å²) in [6, 6.07) is 14.3. The summed E-state index contributed by atoms with van der Waals surface area (Å²) in [5, 5.41) is 10.8. The monoisotopic (exact) mass is 350 g/mol. The lowest BCUT2D eigenvalue weighted by atomic mass is 9.77. The predicted molar refractivity (Wildman–Crippen MR) is 97.8 cm³/mol. The van der Waals surface area contributed by atoms with Crippen LogP contribution in [-0.2, 0) is 14.9 Å². The fourth-order valence-electron chi connectivity index (χ4n) is 3.92. The Morgan fingerprint density at radius 1 is 1.15 bits per heavy atom. The van der Waals surface area contributed by atoms with Gasteiger partial charge in [0, 0.05) is 17.8 Å². The molecule has 26 heavy (non-hydrogen) atoms. The van der Waals surface area contributed by atoms with E-state index in [4.69, 9.17) is 4.74 Å². The van der Waals surface area contributed by atoms with Gasteiger partial charge in [-0.1, -0.05) is 24.3 Å². The topological polar surface area (TPSA) is 72.7 Å². The van der Waals surface area contributed by atoms with Crippen LogP contribution in [-0.4, -0.2) is 23.2 Å².